The van der Waals surface area contributed by atoms with Crippen molar-refractivity contribution in [2.24, 2.45) is 4.99 Å². The second-order valence-electron chi connectivity index (χ2n) is 2.77. The molecule has 0 N–H and O–H groups in total. The summed E-state index contributed by atoms with van der Waals surface area (Å²) in [6, 6.07) is 4.70. The summed E-state index contributed by atoms with van der Waals surface area (Å²) in [6.45, 7) is 0.400. The van der Waals surface area contributed by atoms with Gasteiger partial charge in [0.25, 0.3) is 0 Å². The fourth-order valence-corrected chi connectivity index (χ4v) is 1.09. The summed E-state index contributed by atoms with van der Waals surface area (Å²) in [4.78, 5) is 13.1. The fourth-order valence-electron chi connectivity index (χ4n) is 1.09. The Morgan fingerprint density at radius 2 is 2.36 bits per heavy atom. The predicted molar refractivity (Wildman–Crippen MR) is 48.9 cm³/mol. The maximum absolute atomic E-state index is 13.3. The van der Waals surface area contributed by atoms with Gasteiger partial charge in [-0.3, -0.25) is 0 Å². The molecule has 0 aliphatic rings. The van der Waals surface area contributed by atoms with Crippen molar-refractivity contribution in [3.63, 3.8) is 0 Å². The minimum atomic E-state index is -0.376. The lowest BCUT2D eigenvalue weighted by Gasteiger charge is -2.02. The molecule has 0 radical (unpaired) electrons. The Balaban J connectivity index is 2.83. The molecular weight excluding hydrogens is 185 g/mol. The van der Waals surface area contributed by atoms with Crippen molar-refractivity contribution in [2.75, 3.05) is 7.11 Å². The molecule has 3 nitrogen and oxygen atoms in total. The van der Waals surface area contributed by atoms with Crippen LogP contribution < -0.4 is 0 Å². The highest BCUT2D eigenvalue weighted by atomic mass is 19.1. The Bertz CT molecular complexity index is 359. The zero-order valence-corrected chi connectivity index (χ0v) is 7.79. The van der Waals surface area contributed by atoms with E-state index in [9.17, 15) is 9.18 Å². The third-order valence-corrected chi connectivity index (χ3v) is 1.74. The molecule has 14 heavy (non-hydrogen) atoms. The summed E-state index contributed by atoms with van der Waals surface area (Å²) in [5, 5.41) is 0. The number of benzene rings is 1. The summed E-state index contributed by atoms with van der Waals surface area (Å²) in [5.74, 6) is -0.376. The van der Waals surface area contributed by atoms with E-state index in [1.54, 1.807) is 19.2 Å². The van der Waals surface area contributed by atoms with E-state index < -0.39 is 0 Å². The van der Waals surface area contributed by atoms with E-state index in [4.69, 9.17) is 4.74 Å². The molecule has 0 aliphatic heterocycles. The van der Waals surface area contributed by atoms with Gasteiger partial charge in [-0.1, -0.05) is 12.1 Å². The van der Waals surface area contributed by atoms with E-state index in [2.05, 4.69) is 4.99 Å². The maximum atomic E-state index is 13.3. The van der Waals surface area contributed by atoms with E-state index in [1.165, 1.54) is 12.1 Å². The Hall–Kier alpha value is -1.51. The number of isocyanates is 1. The summed E-state index contributed by atoms with van der Waals surface area (Å²) < 4.78 is 18.1. The van der Waals surface area contributed by atoms with Crippen molar-refractivity contribution in [1.82, 2.24) is 0 Å². The van der Waals surface area contributed by atoms with Crippen LogP contribution in [0.15, 0.2) is 23.2 Å². The van der Waals surface area contributed by atoms with Crippen LogP contribution >= 0.6 is 0 Å². The molecule has 0 saturated heterocycles. The molecule has 1 aromatic carbocycles. The number of halogens is 1. The first-order valence-corrected chi connectivity index (χ1v) is 4.08. The molecule has 0 aromatic heterocycles. The third-order valence-electron chi connectivity index (χ3n) is 1.74. The fraction of sp³-hybridized carbons (Fsp3) is 0.300. The van der Waals surface area contributed by atoms with Crippen molar-refractivity contribution < 1.29 is 13.9 Å². The molecule has 0 fully saturated rings. The average Bonchev–Trinajstić information content (AvgIpc) is 2.17. The second-order valence-corrected chi connectivity index (χ2v) is 2.77. The normalized spacial score (nSPS) is 9.57. The lowest BCUT2D eigenvalue weighted by Crippen LogP contribution is -1.93. The number of nitrogens with zero attached hydrogens (tertiary/aromatic N) is 1. The summed E-state index contributed by atoms with van der Waals surface area (Å²) >= 11 is 0. The molecular formula is C10H10FNO2. The smallest absolute Gasteiger partial charge is 0.235 e. The lowest BCUT2D eigenvalue weighted by atomic mass is 10.1. The number of hydrogen-bond donors (Lipinski definition) is 0. The number of ether oxygens (including phenoxy) is 1. The molecule has 0 bridgehead atoms. The van der Waals surface area contributed by atoms with Gasteiger partial charge in [-0.2, -0.15) is 0 Å². The first-order valence-electron chi connectivity index (χ1n) is 4.08. The first kappa shape index (κ1) is 10.6. The van der Waals surface area contributed by atoms with Crippen LogP contribution in [-0.2, 0) is 22.7 Å². The average molecular weight is 195 g/mol. The van der Waals surface area contributed by atoms with Gasteiger partial charge in [0.1, 0.15) is 5.82 Å². The van der Waals surface area contributed by atoms with Gasteiger partial charge in [-0.05, 0) is 11.6 Å². The van der Waals surface area contributed by atoms with E-state index in [1.807, 2.05) is 0 Å². The highest BCUT2D eigenvalue weighted by Crippen LogP contribution is 2.11. The Morgan fingerprint density at radius 3 is 2.93 bits per heavy atom. The van der Waals surface area contributed by atoms with Crippen molar-refractivity contribution in [3.8, 4) is 0 Å². The molecule has 4 heteroatoms. The molecule has 74 valence electrons. The molecule has 0 atom stereocenters. The molecule has 0 unspecified atom stereocenters. The summed E-state index contributed by atoms with van der Waals surface area (Å²) in [7, 11) is 1.54. The van der Waals surface area contributed by atoms with Gasteiger partial charge in [0, 0.05) is 12.7 Å². The van der Waals surface area contributed by atoms with E-state index in [0.717, 1.165) is 5.56 Å². The topological polar surface area (TPSA) is 38.7 Å². The maximum Gasteiger partial charge on any atom is 0.235 e. The molecule has 0 saturated carbocycles. The van der Waals surface area contributed by atoms with Crippen LogP contribution in [0.4, 0.5) is 4.39 Å². The monoisotopic (exact) mass is 195 g/mol. The van der Waals surface area contributed by atoms with Crippen LogP contribution in [0, 0.1) is 5.82 Å². The largest absolute Gasteiger partial charge is 0.380 e. The molecule has 0 spiro atoms. The first-order chi connectivity index (χ1) is 6.77. The van der Waals surface area contributed by atoms with Crippen LogP contribution in [0.3, 0.4) is 0 Å². The number of hydrogen-bond acceptors (Lipinski definition) is 3. The zero-order valence-electron chi connectivity index (χ0n) is 7.79. The molecule has 1 aromatic rings. The zero-order chi connectivity index (χ0) is 10.4. The highest BCUT2D eigenvalue weighted by Gasteiger charge is 2.02. The van der Waals surface area contributed by atoms with Gasteiger partial charge in [0.05, 0.1) is 13.2 Å². The van der Waals surface area contributed by atoms with E-state index >= 15 is 0 Å². The van der Waals surface area contributed by atoms with Gasteiger partial charge >= 0.3 is 0 Å². The minimum absolute atomic E-state index is 0.0304. The van der Waals surface area contributed by atoms with Gasteiger partial charge in [0.2, 0.25) is 6.08 Å². The summed E-state index contributed by atoms with van der Waals surface area (Å²) in [5.41, 5.74) is 1.14. The predicted octanol–water partition coefficient (Wildman–Crippen LogP) is 1.81. The summed E-state index contributed by atoms with van der Waals surface area (Å²) in [6.07, 6.45) is 1.37. The van der Waals surface area contributed by atoms with Crippen molar-refractivity contribution in [1.29, 1.82) is 0 Å². The molecule has 0 amide bonds. The van der Waals surface area contributed by atoms with Crippen molar-refractivity contribution in [3.05, 3.63) is 35.1 Å². The SMILES string of the molecule is COCc1ccc(CN=C=O)c(F)c1. The molecule has 0 heterocycles. The number of aliphatic imine (C=N–C) groups is 1. The second kappa shape index (κ2) is 5.27. The minimum Gasteiger partial charge on any atom is -0.380 e. The van der Waals surface area contributed by atoms with E-state index in [0.29, 0.717) is 12.2 Å². The van der Waals surface area contributed by atoms with Gasteiger partial charge < -0.3 is 4.74 Å². The van der Waals surface area contributed by atoms with Crippen molar-refractivity contribution in [2.45, 2.75) is 13.2 Å². The van der Waals surface area contributed by atoms with Crippen LogP contribution in [0.1, 0.15) is 11.1 Å². The van der Waals surface area contributed by atoms with Crippen molar-refractivity contribution >= 4 is 6.08 Å². The standard InChI is InChI=1S/C10H10FNO2/c1-14-6-8-2-3-9(5-12-7-13)10(11)4-8/h2-4H,5-6H2,1H3. The van der Waals surface area contributed by atoms with Crippen LogP contribution in [0.5, 0.6) is 0 Å². The van der Waals surface area contributed by atoms with Crippen LogP contribution in [0.25, 0.3) is 0 Å². The Morgan fingerprint density at radius 1 is 1.57 bits per heavy atom. The number of carbonyl (C=O) groups excluding carboxylic acids is 1. The van der Waals surface area contributed by atoms with Gasteiger partial charge in [0.15, 0.2) is 0 Å². The Kier molecular flexibility index (Phi) is 3.98. The van der Waals surface area contributed by atoms with Gasteiger partial charge in [-0.25, -0.2) is 14.2 Å². The van der Waals surface area contributed by atoms with E-state index in [-0.39, 0.29) is 12.4 Å². The molecule has 0 aliphatic carbocycles. The quantitative estimate of drug-likeness (QED) is 0.542. The highest BCUT2D eigenvalue weighted by molar-refractivity contribution is 5.34. The van der Waals surface area contributed by atoms with Gasteiger partial charge in [-0.15, -0.1) is 0 Å². The van der Waals surface area contributed by atoms with Crippen LogP contribution in [-0.4, -0.2) is 13.2 Å². The number of methoxy groups -OCH3 is 1. The van der Waals surface area contributed by atoms with Crippen LogP contribution in [0.2, 0.25) is 0 Å². The molecule has 1 rings (SSSR count). The Labute approximate surface area is 81.2 Å². The third kappa shape index (κ3) is 2.76. The lowest BCUT2D eigenvalue weighted by molar-refractivity contribution is 0.184. The number of rotatable bonds is 4.